The average molecular weight is 354 g/mol. The van der Waals surface area contributed by atoms with E-state index >= 15 is 0 Å². The predicted octanol–water partition coefficient (Wildman–Crippen LogP) is 3.33. The van der Waals surface area contributed by atoms with Crippen molar-refractivity contribution in [3.63, 3.8) is 0 Å². The quantitative estimate of drug-likeness (QED) is 0.499. The molecule has 0 amide bonds. The van der Waals surface area contributed by atoms with Gasteiger partial charge in [0.15, 0.2) is 0 Å². The van der Waals surface area contributed by atoms with Crippen LogP contribution in [0.1, 0.15) is 39.7 Å². The molecular formula is C18H28ClN3O2. The largest absolute Gasteiger partial charge is 0.478 e. The molecule has 0 aliphatic rings. The maximum atomic E-state index is 11.3. The Morgan fingerprint density at radius 1 is 1.46 bits per heavy atom. The topological polar surface area (TPSA) is 63.2 Å². The van der Waals surface area contributed by atoms with Gasteiger partial charge in [0, 0.05) is 43.2 Å². The molecule has 0 saturated heterocycles. The SMILES string of the molecule is CCOc1ncc(Cl)cc1CNCC(C)(C)C/C(C=O)=C(\C)NC. The fourth-order valence-electron chi connectivity index (χ4n) is 2.40. The molecule has 24 heavy (non-hydrogen) atoms. The highest BCUT2D eigenvalue weighted by Crippen LogP contribution is 2.25. The van der Waals surface area contributed by atoms with Gasteiger partial charge in [-0.3, -0.25) is 4.79 Å². The number of carbonyl (C=O) groups excluding carboxylic acids is 1. The van der Waals surface area contributed by atoms with Crippen molar-refractivity contribution in [2.45, 2.75) is 40.7 Å². The van der Waals surface area contributed by atoms with Crippen molar-refractivity contribution in [3.05, 3.63) is 34.1 Å². The fraction of sp³-hybridized carbons (Fsp3) is 0.556. The number of rotatable bonds is 10. The zero-order chi connectivity index (χ0) is 18.2. The second kappa shape index (κ2) is 9.64. The maximum absolute atomic E-state index is 11.3. The van der Waals surface area contributed by atoms with E-state index in [0.29, 0.717) is 30.5 Å². The van der Waals surface area contributed by atoms with Gasteiger partial charge in [-0.1, -0.05) is 25.4 Å². The minimum atomic E-state index is -0.0634. The second-order valence-electron chi connectivity index (χ2n) is 6.51. The summed E-state index contributed by atoms with van der Waals surface area (Å²) in [6.07, 6.45) is 3.21. The normalized spacial score (nSPS) is 12.6. The van der Waals surface area contributed by atoms with E-state index in [1.807, 2.05) is 27.0 Å². The summed E-state index contributed by atoms with van der Waals surface area (Å²) in [6.45, 7) is 10.0. The van der Waals surface area contributed by atoms with E-state index in [-0.39, 0.29) is 5.41 Å². The molecule has 0 atom stereocenters. The van der Waals surface area contributed by atoms with Crippen LogP contribution in [0, 0.1) is 5.41 Å². The van der Waals surface area contributed by atoms with Gasteiger partial charge in [0.2, 0.25) is 5.88 Å². The average Bonchev–Trinajstić information content (AvgIpc) is 2.54. The van der Waals surface area contributed by atoms with Crippen molar-refractivity contribution >= 4 is 17.9 Å². The lowest BCUT2D eigenvalue weighted by Gasteiger charge is -2.26. The van der Waals surface area contributed by atoms with Crippen LogP contribution in [0.4, 0.5) is 0 Å². The number of halogens is 1. The van der Waals surface area contributed by atoms with Crippen LogP contribution in [0.5, 0.6) is 5.88 Å². The standard InChI is InChI=1S/C18H28ClN3O2/c1-6-24-17-14(7-16(19)10-22-17)9-21-12-18(3,4)8-15(11-23)13(2)20-5/h7,10-11,20-21H,6,8-9,12H2,1-5H3/b15-13-. The van der Waals surface area contributed by atoms with Crippen LogP contribution >= 0.6 is 11.6 Å². The lowest BCUT2D eigenvalue weighted by atomic mass is 9.85. The van der Waals surface area contributed by atoms with Gasteiger partial charge in [-0.15, -0.1) is 0 Å². The lowest BCUT2D eigenvalue weighted by Crippen LogP contribution is -2.30. The summed E-state index contributed by atoms with van der Waals surface area (Å²) in [5, 5.41) is 7.04. The molecule has 2 N–H and O–H groups in total. The zero-order valence-corrected chi connectivity index (χ0v) is 16.0. The van der Waals surface area contributed by atoms with Crippen LogP contribution < -0.4 is 15.4 Å². The smallest absolute Gasteiger partial charge is 0.217 e. The fourth-order valence-corrected chi connectivity index (χ4v) is 2.58. The third-order valence-corrected chi connectivity index (χ3v) is 3.97. The number of nitrogens with zero attached hydrogens (tertiary/aromatic N) is 1. The third kappa shape index (κ3) is 6.49. The Hall–Kier alpha value is -1.59. The monoisotopic (exact) mass is 353 g/mol. The summed E-state index contributed by atoms with van der Waals surface area (Å²) in [4.78, 5) is 15.5. The number of nitrogens with one attached hydrogen (secondary N) is 2. The lowest BCUT2D eigenvalue weighted by molar-refractivity contribution is -0.105. The summed E-state index contributed by atoms with van der Waals surface area (Å²) >= 11 is 6.03. The Kier molecular flexibility index (Phi) is 8.22. The molecule has 1 aromatic rings. The number of allylic oxidation sites excluding steroid dienone is 2. The van der Waals surface area contributed by atoms with Gasteiger partial charge in [-0.05, 0) is 31.7 Å². The Labute approximate surface area is 149 Å². The first kappa shape index (κ1) is 20.5. The van der Waals surface area contributed by atoms with Crippen LogP contribution in [-0.2, 0) is 11.3 Å². The van der Waals surface area contributed by atoms with Crippen molar-refractivity contribution in [2.75, 3.05) is 20.2 Å². The molecule has 0 radical (unpaired) electrons. The number of hydrogen-bond donors (Lipinski definition) is 2. The molecule has 0 aliphatic heterocycles. The second-order valence-corrected chi connectivity index (χ2v) is 6.95. The highest BCUT2D eigenvalue weighted by molar-refractivity contribution is 6.30. The van der Waals surface area contributed by atoms with Crippen LogP contribution in [0.3, 0.4) is 0 Å². The van der Waals surface area contributed by atoms with Gasteiger partial charge in [0.25, 0.3) is 0 Å². The van der Waals surface area contributed by atoms with Gasteiger partial charge in [0.05, 0.1) is 11.6 Å². The zero-order valence-electron chi connectivity index (χ0n) is 15.2. The number of carbonyl (C=O) groups is 1. The Bertz CT molecular complexity index is 586. The molecule has 0 aliphatic carbocycles. The van der Waals surface area contributed by atoms with Gasteiger partial charge in [-0.25, -0.2) is 4.98 Å². The minimum absolute atomic E-state index is 0.0634. The molecule has 0 fully saturated rings. The van der Waals surface area contributed by atoms with Crippen molar-refractivity contribution in [1.29, 1.82) is 0 Å². The van der Waals surface area contributed by atoms with E-state index in [1.165, 1.54) is 0 Å². The molecule has 1 aromatic heterocycles. The molecule has 0 bridgehead atoms. The summed E-state index contributed by atoms with van der Waals surface area (Å²) < 4.78 is 5.53. The summed E-state index contributed by atoms with van der Waals surface area (Å²) in [5.74, 6) is 0.603. The van der Waals surface area contributed by atoms with E-state index in [2.05, 4.69) is 29.5 Å². The third-order valence-electron chi connectivity index (χ3n) is 3.76. The molecule has 1 rings (SSSR count). The number of pyridine rings is 1. The number of aromatic nitrogens is 1. The predicted molar refractivity (Wildman–Crippen MR) is 98.3 cm³/mol. The maximum Gasteiger partial charge on any atom is 0.217 e. The van der Waals surface area contributed by atoms with Crippen LogP contribution in [0.15, 0.2) is 23.5 Å². The first-order valence-corrected chi connectivity index (χ1v) is 8.51. The van der Waals surface area contributed by atoms with Gasteiger partial charge >= 0.3 is 0 Å². The first-order chi connectivity index (χ1) is 11.3. The van der Waals surface area contributed by atoms with Crippen molar-refractivity contribution in [3.8, 4) is 5.88 Å². The van der Waals surface area contributed by atoms with Crippen molar-refractivity contribution < 1.29 is 9.53 Å². The molecule has 0 saturated carbocycles. The molecule has 0 unspecified atom stereocenters. The first-order valence-electron chi connectivity index (χ1n) is 8.13. The minimum Gasteiger partial charge on any atom is -0.478 e. The molecular weight excluding hydrogens is 326 g/mol. The Morgan fingerprint density at radius 2 is 2.17 bits per heavy atom. The Morgan fingerprint density at radius 3 is 2.75 bits per heavy atom. The summed E-state index contributed by atoms with van der Waals surface area (Å²) in [7, 11) is 1.82. The van der Waals surface area contributed by atoms with Crippen LogP contribution in [0.25, 0.3) is 0 Å². The number of ether oxygens (including phenoxy) is 1. The van der Waals surface area contributed by atoms with E-state index in [0.717, 1.165) is 29.7 Å². The number of hydrogen-bond acceptors (Lipinski definition) is 5. The molecule has 1 heterocycles. The van der Waals surface area contributed by atoms with E-state index < -0.39 is 0 Å². The Balaban J connectivity index is 2.69. The molecule has 0 spiro atoms. The molecule has 5 nitrogen and oxygen atoms in total. The number of aldehydes is 1. The van der Waals surface area contributed by atoms with Crippen LogP contribution in [0.2, 0.25) is 5.02 Å². The molecule has 0 aromatic carbocycles. The van der Waals surface area contributed by atoms with Crippen molar-refractivity contribution in [1.82, 2.24) is 15.6 Å². The van der Waals surface area contributed by atoms with Crippen molar-refractivity contribution in [2.24, 2.45) is 5.41 Å². The summed E-state index contributed by atoms with van der Waals surface area (Å²) in [6, 6.07) is 1.86. The van der Waals surface area contributed by atoms with Gasteiger partial charge in [0.1, 0.15) is 6.29 Å². The van der Waals surface area contributed by atoms with Gasteiger partial charge < -0.3 is 15.4 Å². The van der Waals surface area contributed by atoms with E-state index in [1.54, 1.807) is 6.20 Å². The van der Waals surface area contributed by atoms with E-state index in [4.69, 9.17) is 16.3 Å². The summed E-state index contributed by atoms with van der Waals surface area (Å²) in [5.41, 5.74) is 2.57. The highest BCUT2D eigenvalue weighted by atomic mass is 35.5. The van der Waals surface area contributed by atoms with Gasteiger partial charge in [-0.2, -0.15) is 0 Å². The molecule has 6 heteroatoms. The molecule has 134 valence electrons. The van der Waals surface area contributed by atoms with E-state index in [9.17, 15) is 4.79 Å². The highest BCUT2D eigenvalue weighted by Gasteiger charge is 2.21. The van der Waals surface area contributed by atoms with Crippen LogP contribution in [-0.4, -0.2) is 31.5 Å².